The van der Waals surface area contributed by atoms with Crippen LogP contribution in [-0.2, 0) is 16.1 Å². The Kier molecular flexibility index (Phi) is 5.93. The first-order valence-electron chi connectivity index (χ1n) is 9.19. The Morgan fingerprint density at radius 2 is 1.82 bits per heavy atom. The Balaban J connectivity index is 1.61. The zero-order chi connectivity index (χ0) is 20.1. The van der Waals surface area contributed by atoms with Crippen LogP contribution in [0.25, 0.3) is 0 Å². The van der Waals surface area contributed by atoms with Gasteiger partial charge in [-0.15, -0.1) is 0 Å². The van der Waals surface area contributed by atoms with E-state index in [2.05, 4.69) is 10.6 Å². The standard InChI is InChI=1S/C21H23N3O4/c1-14(25)23-16-10-8-15(9-11-16)13-22-20(27)18-6-4-12-24(18)21(28)17-5-2-3-7-19(17)26/h2-3,5,7-11,18,26H,4,6,12-13H2,1H3,(H,22,27)(H,23,25). The first kappa shape index (κ1) is 19.4. The van der Waals surface area contributed by atoms with Gasteiger partial charge >= 0.3 is 0 Å². The molecule has 1 saturated heterocycles. The van der Waals surface area contributed by atoms with Crippen molar-refractivity contribution in [2.45, 2.75) is 32.4 Å². The number of carbonyl (C=O) groups excluding carboxylic acids is 3. The molecule has 2 aromatic rings. The summed E-state index contributed by atoms with van der Waals surface area (Å²) >= 11 is 0. The first-order valence-corrected chi connectivity index (χ1v) is 9.19. The van der Waals surface area contributed by atoms with E-state index in [9.17, 15) is 19.5 Å². The van der Waals surface area contributed by atoms with Gasteiger partial charge in [-0.2, -0.15) is 0 Å². The molecule has 3 N–H and O–H groups in total. The predicted molar refractivity (Wildman–Crippen MR) is 105 cm³/mol. The van der Waals surface area contributed by atoms with Crippen LogP contribution >= 0.6 is 0 Å². The fourth-order valence-corrected chi connectivity index (χ4v) is 3.31. The van der Waals surface area contributed by atoms with Crippen molar-refractivity contribution in [1.29, 1.82) is 0 Å². The summed E-state index contributed by atoms with van der Waals surface area (Å²) in [7, 11) is 0. The molecule has 7 heteroatoms. The number of phenolic OH excluding ortho intramolecular Hbond substituents is 1. The molecule has 0 aliphatic carbocycles. The van der Waals surface area contributed by atoms with E-state index in [-0.39, 0.29) is 29.0 Å². The highest BCUT2D eigenvalue weighted by molar-refractivity contribution is 5.99. The molecule has 0 bridgehead atoms. The minimum atomic E-state index is -0.550. The second kappa shape index (κ2) is 8.56. The van der Waals surface area contributed by atoms with Crippen LogP contribution < -0.4 is 10.6 Å². The molecule has 3 rings (SSSR count). The number of nitrogens with zero attached hydrogens (tertiary/aromatic N) is 1. The van der Waals surface area contributed by atoms with E-state index in [4.69, 9.17) is 0 Å². The van der Waals surface area contributed by atoms with Gasteiger partial charge < -0.3 is 20.6 Å². The molecule has 0 spiro atoms. The number of anilines is 1. The van der Waals surface area contributed by atoms with Crippen molar-refractivity contribution < 1.29 is 19.5 Å². The molecule has 1 unspecified atom stereocenters. The van der Waals surface area contributed by atoms with Gasteiger partial charge in [-0.3, -0.25) is 14.4 Å². The Morgan fingerprint density at radius 1 is 1.11 bits per heavy atom. The fraction of sp³-hybridized carbons (Fsp3) is 0.286. The number of benzene rings is 2. The SMILES string of the molecule is CC(=O)Nc1ccc(CNC(=O)C2CCCN2C(=O)c2ccccc2O)cc1. The molecule has 1 heterocycles. The van der Waals surface area contributed by atoms with Crippen molar-refractivity contribution >= 4 is 23.4 Å². The van der Waals surface area contributed by atoms with Crippen molar-refractivity contribution in [3.63, 3.8) is 0 Å². The average molecular weight is 381 g/mol. The quantitative estimate of drug-likeness (QED) is 0.740. The summed E-state index contributed by atoms with van der Waals surface area (Å²) in [5.41, 5.74) is 1.78. The number of hydrogen-bond acceptors (Lipinski definition) is 4. The fourth-order valence-electron chi connectivity index (χ4n) is 3.31. The van der Waals surface area contributed by atoms with Gasteiger partial charge in [-0.05, 0) is 42.7 Å². The van der Waals surface area contributed by atoms with Gasteiger partial charge in [0.15, 0.2) is 0 Å². The molecule has 28 heavy (non-hydrogen) atoms. The maximum atomic E-state index is 12.7. The second-order valence-electron chi connectivity index (χ2n) is 6.77. The largest absolute Gasteiger partial charge is 0.507 e. The third kappa shape index (κ3) is 4.49. The summed E-state index contributed by atoms with van der Waals surface area (Å²) in [6.07, 6.45) is 1.33. The topological polar surface area (TPSA) is 98.7 Å². The van der Waals surface area contributed by atoms with E-state index in [1.807, 2.05) is 12.1 Å². The summed E-state index contributed by atoms with van der Waals surface area (Å²) in [6, 6.07) is 13.0. The minimum Gasteiger partial charge on any atom is -0.507 e. The van der Waals surface area contributed by atoms with Crippen molar-refractivity contribution in [3.05, 3.63) is 59.7 Å². The molecule has 1 aliphatic rings. The predicted octanol–water partition coefficient (Wildman–Crippen LogP) is 2.27. The Hall–Kier alpha value is -3.35. The maximum absolute atomic E-state index is 12.7. The molecule has 1 aliphatic heterocycles. The summed E-state index contributed by atoms with van der Waals surface area (Å²) < 4.78 is 0. The smallest absolute Gasteiger partial charge is 0.258 e. The molecule has 1 fully saturated rings. The summed E-state index contributed by atoms with van der Waals surface area (Å²) in [5.74, 6) is -0.781. The van der Waals surface area contributed by atoms with Crippen molar-refractivity contribution in [3.8, 4) is 5.75 Å². The van der Waals surface area contributed by atoms with E-state index >= 15 is 0 Å². The molecule has 7 nitrogen and oxygen atoms in total. The van der Waals surface area contributed by atoms with Gasteiger partial charge in [0, 0.05) is 25.7 Å². The number of hydrogen-bond donors (Lipinski definition) is 3. The van der Waals surface area contributed by atoms with Gasteiger partial charge in [0.05, 0.1) is 5.56 Å². The lowest BCUT2D eigenvalue weighted by Gasteiger charge is -2.24. The average Bonchev–Trinajstić information content (AvgIpc) is 3.16. The third-order valence-corrected chi connectivity index (χ3v) is 4.69. The second-order valence-corrected chi connectivity index (χ2v) is 6.77. The lowest BCUT2D eigenvalue weighted by molar-refractivity contribution is -0.125. The molecular formula is C21H23N3O4. The van der Waals surface area contributed by atoms with Crippen LogP contribution in [0, 0.1) is 0 Å². The molecule has 1 atom stereocenters. The Labute approximate surface area is 163 Å². The van der Waals surface area contributed by atoms with Crippen molar-refractivity contribution in [1.82, 2.24) is 10.2 Å². The summed E-state index contributed by atoms with van der Waals surface area (Å²) in [6.45, 7) is 2.25. The monoisotopic (exact) mass is 381 g/mol. The van der Waals surface area contributed by atoms with Crippen LogP contribution in [0.3, 0.4) is 0 Å². The van der Waals surface area contributed by atoms with Crippen LogP contribution in [0.2, 0.25) is 0 Å². The van der Waals surface area contributed by atoms with E-state index in [0.29, 0.717) is 25.2 Å². The highest BCUT2D eigenvalue weighted by Gasteiger charge is 2.35. The minimum absolute atomic E-state index is 0.0854. The number of phenols is 1. The maximum Gasteiger partial charge on any atom is 0.258 e. The lowest BCUT2D eigenvalue weighted by atomic mass is 10.1. The van der Waals surface area contributed by atoms with Crippen molar-refractivity contribution in [2.75, 3.05) is 11.9 Å². The van der Waals surface area contributed by atoms with E-state index in [1.165, 1.54) is 17.9 Å². The third-order valence-electron chi connectivity index (χ3n) is 4.69. The molecule has 0 aromatic heterocycles. The Morgan fingerprint density at radius 3 is 2.50 bits per heavy atom. The van der Waals surface area contributed by atoms with Gasteiger partial charge in [0.25, 0.3) is 5.91 Å². The lowest BCUT2D eigenvalue weighted by Crippen LogP contribution is -2.45. The molecule has 3 amide bonds. The van der Waals surface area contributed by atoms with Gasteiger partial charge in [-0.1, -0.05) is 24.3 Å². The normalized spacial score (nSPS) is 15.9. The number of likely N-dealkylation sites (tertiary alicyclic amines) is 1. The molecular weight excluding hydrogens is 358 g/mol. The number of rotatable bonds is 5. The first-order chi connectivity index (χ1) is 13.5. The zero-order valence-electron chi connectivity index (χ0n) is 15.6. The van der Waals surface area contributed by atoms with Crippen molar-refractivity contribution in [2.24, 2.45) is 0 Å². The summed E-state index contributed by atoms with van der Waals surface area (Å²) in [5, 5.41) is 15.5. The number of para-hydroxylation sites is 1. The number of carbonyl (C=O) groups is 3. The summed E-state index contributed by atoms with van der Waals surface area (Å²) in [4.78, 5) is 37.9. The molecule has 146 valence electrons. The van der Waals surface area contributed by atoms with Crippen LogP contribution in [0.15, 0.2) is 48.5 Å². The molecule has 0 radical (unpaired) electrons. The Bertz CT molecular complexity index is 879. The van der Waals surface area contributed by atoms with E-state index in [1.54, 1.807) is 30.3 Å². The highest BCUT2D eigenvalue weighted by atomic mass is 16.3. The molecule has 2 aromatic carbocycles. The number of nitrogens with one attached hydrogen (secondary N) is 2. The highest BCUT2D eigenvalue weighted by Crippen LogP contribution is 2.24. The van der Waals surface area contributed by atoms with Crippen LogP contribution in [0.4, 0.5) is 5.69 Å². The van der Waals surface area contributed by atoms with Crippen LogP contribution in [-0.4, -0.2) is 40.3 Å². The van der Waals surface area contributed by atoms with Gasteiger partial charge in [0.2, 0.25) is 11.8 Å². The number of aromatic hydroxyl groups is 1. The van der Waals surface area contributed by atoms with Gasteiger partial charge in [-0.25, -0.2) is 0 Å². The molecule has 0 saturated carbocycles. The van der Waals surface area contributed by atoms with E-state index in [0.717, 1.165) is 12.0 Å². The van der Waals surface area contributed by atoms with Crippen LogP contribution in [0.5, 0.6) is 5.75 Å². The van der Waals surface area contributed by atoms with E-state index < -0.39 is 6.04 Å². The van der Waals surface area contributed by atoms with Gasteiger partial charge in [0.1, 0.15) is 11.8 Å². The van der Waals surface area contributed by atoms with Crippen LogP contribution in [0.1, 0.15) is 35.7 Å². The number of amides is 3. The zero-order valence-corrected chi connectivity index (χ0v) is 15.6.